The molecule has 1 heterocycles. The molecule has 0 radical (unpaired) electrons. The van der Waals surface area contributed by atoms with Gasteiger partial charge >= 0.3 is 0 Å². The van der Waals surface area contributed by atoms with Crippen molar-refractivity contribution >= 4 is 0 Å². The van der Waals surface area contributed by atoms with Crippen LogP contribution in [0.25, 0.3) is 0 Å². The Hall–Kier alpha value is -0.890. The first-order chi connectivity index (χ1) is 6.90. The fourth-order valence-electron chi connectivity index (χ4n) is 2.23. The zero-order valence-electron chi connectivity index (χ0n) is 8.58. The lowest BCUT2D eigenvalue weighted by Gasteiger charge is -2.21. The third-order valence-electron chi connectivity index (χ3n) is 3.13. The Labute approximate surface area is 85.5 Å². The maximum Gasteiger partial charge on any atom is 0.0539 e. The van der Waals surface area contributed by atoms with Gasteiger partial charge in [0.25, 0.3) is 0 Å². The van der Waals surface area contributed by atoms with Crippen LogP contribution in [-0.4, -0.2) is 4.98 Å². The molecule has 0 saturated heterocycles. The molecule has 14 heavy (non-hydrogen) atoms. The number of hydrogen-bond acceptors (Lipinski definition) is 2. The number of nitrogens with two attached hydrogens (primary N) is 1. The van der Waals surface area contributed by atoms with Crippen LogP contribution in [0.5, 0.6) is 0 Å². The van der Waals surface area contributed by atoms with Gasteiger partial charge in [-0.1, -0.05) is 25.3 Å². The van der Waals surface area contributed by atoms with Gasteiger partial charge in [0.1, 0.15) is 0 Å². The van der Waals surface area contributed by atoms with E-state index in [1.165, 1.54) is 37.7 Å². The fourth-order valence-corrected chi connectivity index (χ4v) is 2.23. The van der Waals surface area contributed by atoms with Gasteiger partial charge in [0.15, 0.2) is 0 Å². The predicted octanol–water partition coefficient (Wildman–Crippen LogP) is 2.59. The van der Waals surface area contributed by atoms with E-state index in [0.29, 0.717) is 6.54 Å². The van der Waals surface area contributed by atoms with E-state index in [1.807, 2.05) is 6.20 Å². The van der Waals surface area contributed by atoms with Crippen LogP contribution in [-0.2, 0) is 6.54 Å². The van der Waals surface area contributed by atoms with E-state index in [2.05, 4.69) is 17.1 Å². The molecule has 2 rings (SSSR count). The highest BCUT2D eigenvalue weighted by molar-refractivity contribution is 5.18. The number of pyridine rings is 1. The Morgan fingerprint density at radius 2 is 2.00 bits per heavy atom. The molecule has 1 saturated carbocycles. The van der Waals surface area contributed by atoms with Gasteiger partial charge in [-0.2, -0.15) is 0 Å². The highest BCUT2D eigenvalue weighted by atomic mass is 14.7. The molecule has 76 valence electrons. The molecule has 0 aromatic carbocycles. The number of hydrogen-bond donors (Lipinski definition) is 1. The largest absolute Gasteiger partial charge is 0.325 e. The van der Waals surface area contributed by atoms with Gasteiger partial charge in [0.2, 0.25) is 0 Å². The third-order valence-corrected chi connectivity index (χ3v) is 3.13. The van der Waals surface area contributed by atoms with Crippen molar-refractivity contribution in [1.29, 1.82) is 0 Å². The van der Waals surface area contributed by atoms with Crippen LogP contribution < -0.4 is 5.73 Å². The van der Waals surface area contributed by atoms with Crippen molar-refractivity contribution < 1.29 is 0 Å². The first-order valence-electron chi connectivity index (χ1n) is 5.55. The van der Waals surface area contributed by atoms with Crippen LogP contribution in [0, 0.1) is 0 Å². The molecular weight excluding hydrogens is 172 g/mol. The minimum atomic E-state index is 0.547. The van der Waals surface area contributed by atoms with Crippen molar-refractivity contribution in [2.75, 3.05) is 0 Å². The van der Waals surface area contributed by atoms with Gasteiger partial charge in [-0.3, -0.25) is 4.98 Å². The fraction of sp³-hybridized carbons (Fsp3) is 0.583. The van der Waals surface area contributed by atoms with Gasteiger partial charge in [-0.05, 0) is 30.4 Å². The second-order valence-electron chi connectivity index (χ2n) is 4.12. The summed E-state index contributed by atoms with van der Waals surface area (Å²) in [5.41, 5.74) is 7.91. The molecule has 1 fully saturated rings. The molecule has 1 aliphatic carbocycles. The zero-order valence-corrected chi connectivity index (χ0v) is 8.58. The molecule has 2 nitrogen and oxygen atoms in total. The standard InChI is InChI=1S/C12H18N2/c13-8-12-7-6-11(9-14-12)10-4-2-1-3-5-10/h6-7,9-10H,1-5,8,13H2. The average molecular weight is 190 g/mol. The molecule has 2 heteroatoms. The lowest BCUT2D eigenvalue weighted by Crippen LogP contribution is -2.06. The van der Waals surface area contributed by atoms with Crippen molar-refractivity contribution in [2.24, 2.45) is 5.73 Å². The summed E-state index contributed by atoms with van der Waals surface area (Å²) in [6.07, 6.45) is 8.85. The molecule has 0 amide bonds. The summed E-state index contributed by atoms with van der Waals surface area (Å²) in [7, 11) is 0. The lowest BCUT2D eigenvalue weighted by atomic mass is 9.85. The van der Waals surface area contributed by atoms with Gasteiger partial charge < -0.3 is 5.73 Å². The summed E-state index contributed by atoms with van der Waals surface area (Å²) in [4.78, 5) is 4.35. The molecule has 0 unspecified atom stereocenters. The van der Waals surface area contributed by atoms with Crippen LogP contribution in [0.4, 0.5) is 0 Å². The van der Waals surface area contributed by atoms with E-state index in [0.717, 1.165) is 11.6 Å². The first kappa shape index (κ1) is 9.66. The van der Waals surface area contributed by atoms with E-state index in [1.54, 1.807) is 0 Å². The zero-order chi connectivity index (χ0) is 9.80. The maximum atomic E-state index is 5.52. The molecule has 1 aliphatic rings. The molecule has 0 aliphatic heterocycles. The number of rotatable bonds is 2. The molecule has 2 N–H and O–H groups in total. The van der Waals surface area contributed by atoms with E-state index in [-0.39, 0.29) is 0 Å². The molecule has 0 bridgehead atoms. The summed E-state index contributed by atoms with van der Waals surface area (Å²) >= 11 is 0. The number of nitrogens with zero attached hydrogens (tertiary/aromatic N) is 1. The van der Waals surface area contributed by atoms with Gasteiger partial charge in [0.05, 0.1) is 5.69 Å². The minimum absolute atomic E-state index is 0.547. The summed E-state index contributed by atoms with van der Waals surface area (Å²) in [6.45, 7) is 0.547. The topological polar surface area (TPSA) is 38.9 Å². The van der Waals surface area contributed by atoms with Crippen molar-refractivity contribution in [1.82, 2.24) is 4.98 Å². The normalized spacial score (nSPS) is 18.4. The van der Waals surface area contributed by atoms with Gasteiger partial charge in [-0.25, -0.2) is 0 Å². The molecule has 1 aromatic rings. The lowest BCUT2D eigenvalue weighted by molar-refractivity contribution is 0.442. The highest BCUT2D eigenvalue weighted by Crippen LogP contribution is 2.31. The molecule has 0 atom stereocenters. The van der Waals surface area contributed by atoms with E-state index in [9.17, 15) is 0 Å². The van der Waals surface area contributed by atoms with Crippen LogP contribution in [0.2, 0.25) is 0 Å². The van der Waals surface area contributed by atoms with Crippen LogP contribution in [0.3, 0.4) is 0 Å². The average Bonchev–Trinajstić information content (AvgIpc) is 2.30. The quantitative estimate of drug-likeness (QED) is 0.778. The Morgan fingerprint density at radius 3 is 2.57 bits per heavy atom. The third kappa shape index (κ3) is 2.13. The maximum absolute atomic E-state index is 5.52. The second kappa shape index (κ2) is 4.56. The van der Waals surface area contributed by atoms with Crippen molar-refractivity contribution in [3.05, 3.63) is 29.6 Å². The summed E-state index contributed by atoms with van der Waals surface area (Å²) in [5, 5.41) is 0. The van der Waals surface area contributed by atoms with Crippen molar-refractivity contribution in [3.63, 3.8) is 0 Å². The highest BCUT2D eigenvalue weighted by Gasteiger charge is 2.15. The Kier molecular flexibility index (Phi) is 3.14. The van der Waals surface area contributed by atoms with Gasteiger partial charge in [-0.15, -0.1) is 0 Å². The summed E-state index contributed by atoms with van der Waals surface area (Å²) in [6, 6.07) is 4.26. The summed E-state index contributed by atoms with van der Waals surface area (Å²) < 4.78 is 0. The smallest absolute Gasteiger partial charge is 0.0539 e. The first-order valence-corrected chi connectivity index (χ1v) is 5.55. The van der Waals surface area contributed by atoms with E-state index in [4.69, 9.17) is 5.73 Å². The summed E-state index contributed by atoms with van der Waals surface area (Å²) in [5.74, 6) is 0.753. The van der Waals surface area contributed by atoms with Crippen LogP contribution in [0.15, 0.2) is 18.3 Å². The Bertz CT molecular complexity index is 273. The van der Waals surface area contributed by atoms with Crippen LogP contribution >= 0.6 is 0 Å². The Balaban J connectivity index is 2.07. The second-order valence-corrected chi connectivity index (χ2v) is 4.12. The Morgan fingerprint density at radius 1 is 1.21 bits per heavy atom. The molecule has 0 spiro atoms. The van der Waals surface area contributed by atoms with Crippen molar-refractivity contribution in [2.45, 2.75) is 44.6 Å². The molecule has 1 aromatic heterocycles. The molecular formula is C12H18N2. The van der Waals surface area contributed by atoms with E-state index >= 15 is 0 Å². The monoisotopic (exact) mass is 190 g/mol. The number of aromatic nitrogens is 1. The minimum Gasteiger partial charge on any atom is -0.325 e. The van der Waals surface area contributed by atoms with Gasteiger partial charge in [0, 0.05) is 12.7 Å². The van der Waals surface area contributed by atoms with Crippen LogP contribution in [0.1, 0.15) is 49.3 Å². The SMILES string of the molecule is NCc1ccc(C2CCCCC2)cn1. The van der Waals surface area contributed by atoms with E-state index < -0.39 is 0 Å². The van der Waals surface area contributed by atoms with Crippen molar-refractivity contribution in [3.8, 4) is 0 Å². The predicted molar refractivity (Wildman–Crippen MR) is 58.0 cm³/mol.